The summed E-state index contributed by atoms with van der Waals surface area (Å²) in [4.78, 5) is 26.2. The Balaban J connectivity index is 1.79. The van der Waals surface area contributed by atoms with Crippen LogP contribution in [0.3, 0.4) is 0 Å². The summed E-state index contributed by atoms with van der Waals surface area (Å²) in [6, 6.07) is 12.0. The van der Waals surface area contributed by atoms with E-state index in [2.05, 4.69) is 5.32 Å². The molecule has 1 atom stereocenters. The SMILES string of the molecule is COc1ccc(N[C@H]2CC(=O)N(c3ccc(C)cc3)C2=O)cc1OC. The first-order valence-corrected chi connectivity index (χ1v) is 7.95. The van der Waals surface area contributed by atoms with E-state index in [0.29, 0.717) is 22.9 Å². The van der Waals surface area contributed by atoms with Crippen molar-refractivity contribution in [1.29, 1.82) is 0 Å². The summed E-state index contributed by atoms with van der Waals surface area (Å²) in [5.74, 6) is 0.679. The summed E-state index contributed by atoms with van der Waals surface area (Å²) < 4.78 is 10.5. The molecule has 6 nitrogen and oxygen atoms in total. The van der Waals surface area contributed by atoms with Crippen LogP contribution in [0, 0.1) is 6.92 Å². The molecule has 1 aliphatic heterocycles. The lowest BCUT2D eigenvalue weighted by molar-refractivity contribution is -0.121. The first kappa shape index (κ1) is 16.8. The number of benzene rings is 2. The van der Waals surface area contributed by atoms with Crippen LogP contribution in [0.15, 0.2) is 42.5 Å². The average Bonchev–Trinajstić information content (AvgIpc) is 2.89. The fourth-order valence-electron chi connectivity index (χ4n) is 2.84. The van der Waals surface area contributed by atoms with Crippen LogP contribution >= 0.6 is 0 Å². The molecule has 6 heteroatoms. The number of methoxy groups -OCH3 is 2. The topological polar surface area (TPSA) is 67.9 Å². The van der Waals surface area contributed by atoms with Crippen LogP contribution in [0.25, 0.3) is 0 Å². The second kappa shape index (κ2) is 6.84. The molecule has 130 valence electrons. The number of imide groups is 1. The van der Waals surface area contributed by atoms with Crippen molar-refractivity contribution in [1.82, 2.24) is 0 Å². The van der Waals surface area contributed by atoms with Crippen molar-refractivity contribution in [2.75, 3.05) is 24.4 Å². The molecule has 0 radical (unpaired) electrons. The van der Waals surface area contributed by atoms with Gasteiger partial charge in [-0.25, -0.2) is 4.90 Å². The van der Waals surface area contributed by atoms with Crippen molar-refractivity contribution < 1.29 is 19.1 Å². The van der Waals surface area contributed by atoms with Crippen molar-refractivity contribution >= 4 is 23.2 Å². The lowest BCUT2D eigenvalue weighted by atomic mass is 10.2. The third-order valence-corrected chi connectivity index (χ3v) is 4.16. The standard InChI is InChI=1S/C19H20N2O4/c1-12-4-7-14(8-5-12)21-18(22)11-15(19(21)23)20-13-6-9-16(24-2)17(10-13)25-3/h4-10,15,20H,11H2,1-3H3/t15-/m0/s1. The highest BCUT2D eigenvalue weighted by Gasteiger charge is 2.39. The quantitative estimate of drug-likeness (QED) is 0.848. The molecule has 0 unspecified atom stereocenters. The third kappa shape index (κ3) is 3.28. The smallest absolute Gasteiger partial charge is 0.256 e. The van der Waals surface area contributed by atoms with Crippen LogP contribution in [-0.2, 0) is 9.59 Å². The molecule has 1 saturated heterocycles. The van der Waals surface area contributed by atoms with Gasteiger partial charge >= 0.3 is 0 Å². The molecule has 0 aromatic heterocycles. The van der Waals surface area contributed by atoms with Gasteiger partial charge in [-0.3, -0.25) is 9.59 Å². The van der Waals surface area contributed by atoms with Crippen molar-refractivity contribution in [2.24, 2.45) is 0 Å². The Hall–Kier alpha value is -3.02. The zero-order chi connectivity index (χ0) is 18.0. The summed E-state index contributed by atoms with van der Waals surface area (Å²) in [6.07, 6.45) is 0.112. The van der Waals surface area contributed by atoms with Crippen LogP contribution in [0.5, 0.6) is 11.5 Å². The Labute approximate surface area is 146 Å². The number of carbonyl (C=O) groups excluding carboxylic acids is 2. The van der Waals surface area contributed by atoms with Crippen LogP contribution < -0.4 is 19.7 Å². The molecular weight excluding hydrogens is 320 g/mol. The molecule has 1 fully saturated rings. The van der Waals surface area contributed by atoms with Crippen molar-refractivity contribution in [3.05, 3.63) is 48.0 Å². The van der Waals surface area contributed by atoms with Gasteiger partial charge in [-0.2, -0.15) is 0 Å². The molecule has 2 aromatic rings. The van der Waals surface area contributed by atoms with E-state index in [9.17, 15) is 9.59 Å². The first-order chi connectivity index (χ1) is 12.0. The molecule has 0 saturated carbocycles. The third-order valence-electron chi connectivity index (χ3n) is 4.16. The normalized spacial score (nSPS) is 16.9. The van der Waals surface area contributed by atoms with Crippen LogP contribution in [0.4, 0.5) is 11.4 Å². The Morgan fingerprint density at radius 2 is 1.68 bits per heavy atom. The Morgan fingerprint density at radius 3 is 2.32 bits per heavy atom. The Morgan fingerprint density at radius 1 is 1.00 bits per heavy atom. The van der Waals surface area contributed by atoms with E-state index < -0.39 is 6.04 Å². The van der Waals surface area contributed by atoms with Crippen molar-refractivity contribution in [2.45, 2.75) is 19.4 Å². The van der Waals surface area contributed by atoms with E-state index in [1.807, 2.05) is 19.1 Å². The molecule has 3 rings (SSSR count). The number of anilines is 2. The van der Waals surface area contributed by atoms with E-state index in [0.717, 1.165) is 5.56 Å². The Bertz CT molecular complexity index is 802. The number of hydrogen-bond donors (Lipinski definition) is 1. The number of amides is 2. The highest BCUT2D eigenvalue weighted by Crippen LogP contribution is 2.31. The number of carbonyl (C=O) groups is 2. The zero-order valence-corrected chi connectivity index (χ0v) is 14.4. The number of nitrogens with zero attached hydrogens (tertiary/aromatic N) is 1. The van der Waals surface area contributed by atoms with Gasteiger partial charge in [0.05, 0.1) is 26.3 Å². The van der Waals surface area contributed by atoms with Gasteiger partial charge in [0.2, 0.25) is 5.91 Å². The molecule has 2 amide bonds. The minimum Gasteiger partial charge on any atom is -0.493 e. The zero-order valence-electron chi connectivity index (χ0n) is 14.4. The maximum absolute atomic E-state index is 12.7. The molecule has 0 bridgehead atoms. The Kier molecular flexibility index (Phi) is 4.61. The van der Waals surface area contributed by atoms with Gasteiger partial charge in [-0.1, -0.05) is 17.7 Å². The fraction of sp³-hybridized carbons (Fsp3) is 0.263. The van der Waals surface area contributed by atoms with E-state index >= 15 is 0 Å². The van der Waals surface area contributed by atoms with Gasteiger partial charge in [-0.05, 0) is 31.2 Å². The van der Waals surface area contributed by atoms with Crippen molar-refractivity contribution in [3.63, 3.8) is 0 Å². The van der Waals surface area contributed by atoms with Gasteiger partial charge < -0.3 is 14.8 Å². The molecule has 0 aliphatic carbocycles. The van der Waals surface area contributed by atoms with Gasteiger partial charge in [0.15, 0.2) is 11.5 Å². The predicted octanol–water partition coefficient (Wildman–Crippen LogP) is 2.76. The number of ether oxygens (including phenoxy) is 2. The minimum atomic E-state index is -0.605. The molecule has 2 aromatic carbocycles. The van der Waals surface area contributed by atoms with Gasteiger partial charge in [0.25, 0.3) is 5.91 Å². The number of aryl methyl sites for hydroxylation is 1. The lowest BCUT2D eigenvalue weighted by Crippen LogP contribution is -2.34. The average molecular weight is 340 g/mol. The second-order valence-electron chi connectivity index (χ2n) is 5.87. The van der Waals surface area contributed by atoms with Gasteiger partial charge in [-0.15, -0.1) is 0 Å². The maximum Gasteiger partial charge on any atom is 0.256 e. The predicted molar refractivity (Wildman–Crippen MR) is 95.2 cm³/mol. The largest absolute Gasteiger partial charge is 0.493 e. The first-order valence-electron chi connectivity index (χ1n) is 7.95. The summed E-state index contributed by atoms with van der Waals surface area (Å²) >= 11 is 0. The van der Waals surface area contributed by atoms with Gasteiger partial charge in [0, 0.05) is 11.8 Å². The van der Waals surface area contributed by atoms with Crippen LogP contribution in [0.1, 0.15) is 12.0 Å². The molecular formula is C19H20N2O4. The van der Waals surface area contributed by atoms with E-state index in [4.69, 9.17) is 9.47 Å². The minimum absolute atomic E-state index is 0.112. The lowest BCUT2D eigenvalue weighted by Gasteiger charge is -2.17. The summed E-state index contributed by atoms with van der Waals surface area (Å²) in [5.41, 5.74) is 2.36. The molecule has 1 heterocycles. The highest BCUT2D eigenvalue weighted by molar-refractivity contribution is 6.23. The molecule has 1 N–H and O–H groups in total. The highest BCUT2D eigenvalue weighted by atomic mass is 16.5. The van der Waals surface area contributed by atoms with Crippen LogP contribution in [0.2, 0.25) is 0 Å². The molecule has 1 aliphatic rings. The number of nitrogens with one attached hydrogen (secondary N) is 1. The molecule has 0 spiro atoms. The fourth-order valence-corrected chi connectivity index (χ4v) is 2.84. The number of hydrogen-bond acceptors (Lipinski definition) is 5. The van der Waals surface area contributed by atoms with E-state index in [1.54, 1.807) is 44.6 Å². The molecule has 25 heavy (non-hydrogen) atoms. The second-order valence-corrected chi connectivity index (χ2v) is 5.87. The summed E-state index contributed by atoms with van der Waals surface area (Å²) in [7, 11) is 3.11. The number of rotatable bonds is 5. The maximum atomic E-state index is 12.7. The van der Waals surface area contributed by atoms with Crippen molar-refractivity contribution in [3.8, 4) is 11.5 Å². The summed E-state index contributed by atoms with van der Waals surface area (Å²) in [6.45, 7) is 1.96. The van der Waals surface area contributed by atoms with E-state index in [-0.39, 0.29) is 18.2 Å². The monoisotopic (exact) mass is 340 g/mol. The van der Waals surface area contributed by atoms with Gasteiger partial charge in [0.1, 0.15) is 6.04 Å². The van der Waals surface area contributed by atoms with Crippen LogP contribution in [-0.4, -0.2) is 32.1 Å². The van der Waals surface area contributed by atoms with E-state index in [1.165, 1.54) is 4.90 Å². The summed E-state index contributed by atoms with van der Waals surface area (Å²) in [5, 5.41) is 3.11.